The summed E-state index contributed by atoms with van der Waals surface area (Å²) in [5.74, 6) is -1.41. The first-order valence-corrected chi connectivity index (χ1v) is 8.85. The van der Waals surface area contributed by atoms with Gasteiger partial charge in [-0.05, 0) is 26.7 Å². The molecule has 2 aromatic rings. The fourth-order valence-corrected chi connectivity index (χ4v) is 4.05. The van der Waals surface area contributed by atoms with Crippen molar-refractivity contribution in [1.29, 1.82) is 0 Å². The van der Waals surface area contributed by atoms with Gasteiger partial charge in [-0.1, -0.05) is 30.3 Å². The van der Waals surface area contributed by atoms with E-state index in [1.165, 1.54) is 11.3 Å². The zero-order valence-corrected chi connectivity index (χ0v) is 14.5. The highest BCUT2D eigenvalue weighted by molar-refractivity contribution is 7.17. The number of carbonyl (C=O) groups excluding carboxylic acids is 1. The first-order valence-electron chi connectivity index (χ1n) is 8.04. The standard InChI is InChI=1S/C18H20N2O3S/c1-11-8-9-14(18(22)23)10-20(11)17(21)15-12(2)19-16(24-15)13-6-4-3-5-7-13/h3-7,11,14H,8-10H2,1-2H3,(H,22,23). The summed E-state index contributed by atoms with van der Waals surface area (Å²) in [6, 6.07) is 9.81. The Morgan fingerprint density at radius 1 is 1.25 bits per heavy atom. The summed E-state index contributed by atoms with van der Waals surface area (Å²) in [7, 11) is 0. The van der Waals surface area contributed by atoms with Crippen molar-refractivity contribution in [3.63, 3.8) is 0 Å². The largest absolute Gasteiger partial charge is 0.481 e. The minimum absolute atomic E-state index is 0.0507. The van der Waals surface area contributed by atoms with Gasteiger partial charge >= 0.3 is 5.97 Å². The lowest BCUT2D eigenvalue weighted by molar-refractivity contribution is -0.143. The van der Waals surface area contributed by atoms with Crippen molar-refractivity contribution in [3.8, 4) is 10.6 Å². The molecule has 5 nitrogen and oxygen atoms in total. The van der Waals surface area contributed by atoms with Crippen LogP contribution in [0.2, 0.25) is 0 Å². The number of amides is 1. The zero-order valence-electron chi connectivity index (χ0n) is 13.7. The first kappa shape index (κ1) is 16.6. The molecule has 0 spiro atoms. The number of aromatic nitrogens is 1. The van der Waals surface area contributed by atoms with Crippen LogP contribution in [0.4, 0.5) is 0 Å². The fraction of sp³-hybridized carbons (Fsp3) is 0.389. The summed E-state index contributed by atoms with van der Waals surface area (Å²) in [5, 5.41) is 10.1. The second-order valence-corrected chi connectivity index (χ2v) is 7.22. The van der Waals surface area contributed by atoms with Crippen LogP contribution in [-0.4, -0.2) is 39.5 Å². The highest BCUT2D eigenvalue weighted by atomic mass is 32.1. The molecule has 3 rings (SSSR count). The van der Waals surface area contributed by atoms with Gasteiger partial charge in [0, 0.05) is 18.2 Å². The number of carboxylic acid groups (broad SMARTS) is 1. The van der Waals surface area contributed by atoms with Crippen LogP contribution < -0.4 is 0 Å². The Bertz CT molecular complexity index is 757. The molecule has 1 saturated heterocycles. The van der Waals surface area contributed by atoms with Crippen LogP contribution in [-0.2, 0) is 4.79 Å². The number of carbonyl (C=O) groups is 2. The van der Waals surface area contributed by atoms with E-state index in [2.05, 4.69) is 4.98 Å². The predicted octanol–water partition coefficient (Wildman–Crippen LogP) is 3.44. The Balaban J connectivity index is 1.87. The number of rotatable bonds is 3. The number of carboxylic acids is 1. The molecule has 0 radical (unpaired) electrons. The molecule has 6 heteroatoms. The van der Waals surface area contributed by atoms with E-state index in [-0.39, 0.29) is 18.5 Å². The molecule has 1 amide bonds. The van der Waals surface area contributed by atoms with Gasteiger partial charge in [0.25, 0.3) is 5.91 Å². The number of hydrogen-bond acceptors (Lipinski definition) is 4. The van der Waals surface area contributed by atoms with Crippen molar-refractivity contribution in [2.75, 3.05) is 6.54 Å². The van der Waals surface area contributed by atoms with E-state index in [1.54, 1.807) is 4.90 Å². The normalized spacial score (nSPS) is 20.8. The topological polar surface area (TPSA) is 70.5 Å². The smallest absolute Gasteiger partial charge is 0.308 e. The third-order valence-corrected chi connectivity index (χ3v) is 5.70. The van der Waals surface area contributed by atoms with Crippen LogP contribution >= 0.6 is 11.3 Å². The molecule has 1 aliphatic rings. The average Bonchev–Trinajstić information content (AvgIpc) is 2.97. The number of hydrogen-bond donors (Lipinski definition) is 1. The quantitative estimate of drug-likeness (QED) is 0.926. The maximum atomic E-state index is 12.9. The third-order valence-electron chi connectivity index (χ3n) is 4.50. The molecule has 0 aliphatic carbocycles. The second kappa shape index (κ2) is 6.73. The van der Waals surface area contributed by atoms with E-state index in [4.69, 9.17) is 0 Å². The van der Waals surface area contributed by atoms with Crippen molar-refractivity contribution in [2.45, 2.75) is 32.7 Å². The van der Waals surface area contributed by atoms with Gasteiger partial charge < -0.3 is 10.0 Å². The van der Waals surface area contributed by atoms with E-state index in [0.717, 1.165) is 10.6 Å². The lowest BCUT2D eigenvalue weighted by Gasteiger charge is -2.36. The van der Waals surface area contributed by atoms with Crippen molar-refractivity contribution < 1.29 is 14.7 Å². The van der Waals surface area contributed by atoms with Gasteiger partial charge in [-0.15, -0.1) is 11.3 Å². The van der Waals surface area contributed by atoms with Crippen molar-refractivity contribution >= 4 is 23.2 Å². The molecular weight excluding hydrogens is 324 g/mol. The lowest BCUT2D eigenvalue weighted by Crippen LogP contribution is -2.47. The molecular formula is C18H20N2O3S. The zero-order chi connectivity index (χ0) is 17.3. The Hall–Kier alpha value is -2.21. The number of benzene rings is 1. The highest BCUT2D eigenvalue weighted by Gasteiger charge is 2.34. The molecule has 0 saturated carbocycles. The molecule has 2 atom stereocenters. The Morgan fingerprint density at radius 3 is 2.62 bits per heavy atom. The molecule has 24 heavy (non-hydrogen) atoms. The third kappa shape index (κ3) is 3.19. The minimum atomic E-state index is -0.828. The monoisotopic (exact) mass is 344 g/mol. The van der Waals surface area contributed by atoms with Gasteiger partial charge in [-0.2, -0.15) is 0 Å². The summed E-state index contributed by atoms with van der Waals surface area (Å²) < 4.78 is 0. The Morgan fingerprint density at radius 2 is 1.96 bits per heavy atom. The summed E-state index contributed by atoms with van der Waals surface area (Å²) in [6.07, 6.45) is 1.34. The van der Waals surface area contributed by atoms with Crippen LogP contribution in [0, 0.1) is 12.8 Å². The molecule has 1 aromatic heterocycles. The molecule has 2 unspecified atom stereocenters. The molecule has 1 aromatic carbocycles. The van der Waals surface area contributed by atoms with Gasteiger partial charge in [0.1, 0.15) is 9.88 Å². The van der Waals surface area contributed by atoms with Gasteiger partial charge in [-0.3, -0.25) is 9.59 Å². The number of piperidine rings is 1. The number of aliphatic carboxylic acids is 1. The van der Waals surface area contributed by atoms with Gasteiger partial charge in [0.2, 0.25) is 0 Å². The Labute approximate surface area is 145 Å². The van der Waals surface area contributed by atoms with E-state index in [1.807, 2.05) is 44.2 Å². The number of likely N-dealkylation sites (tertiary alicyclic amines) is 1. The van der Waals surface area contributed by atoms with Crippen molar-refractivity contribution in [3.05, 3.63) is 40.9 Å². The van der Waals surface area contributed by atoms with Crippen molar-refractivity contribution in [1.82, 2.24) is 9.88 Å². The van der Waals surface area contributed by atoms with E-state index < -0.39 is 11.9 Å². The fourth-order valence-electron chi connectivity index (χ4n) is 3.02. The van der Waals surface area contributed by atoms with E-state index in [0.29, 0.717) is 23.4 Å². The number of aryl methyl sites for hydroxylation is 1. The molecule has 126 valence electrons. The van der Waals surface area contributed by atoms with Gasteiger partial charge in [0.05, 0.1) is 11.6 Å². The van der Waals surface area contributed by atoms with Crippen LogP contribution in [0.25, 0.3) is 10.6 Å². The van der Waals surface area contributed by atoms with E-state index >= 15 is 0 Å². The lowest BCUT2D eigenvalue weighted by atomic mass is 9.93. The maximum absolute atomic E-state index is 12.9. The second-order valence-electron chi connectivity index (χ2n) is 6.22. The SMILES string of the molecule is Cc1nc(-c2ccccc2)sc1C(=O)N1CC(C(=O)O)CCC1C. The predicted molar refractivity (Wildman–Crippen MR) is 93.1 cm³/mol. The van der Waals surface area contributed by atoms with Gasteiger partial charge in [0.15, 0.2) is 0 Å². The summed E-state index contributed by atoms with van der Waals surface area (Å²) in [4.78, 5) is 31.0. The summed E-state index contributed by atoms with van der Waals surface area (Å²) in [6.45, 7) is 4.08. The van der Waals surface area contributed by atoms with Crippen LogP contribution in [0.5, 0.6) is 0 Å². The Kier molecular flexibility index (Phi) is 4.66. The highest BCUT2D eigenvalue weighted by Crippen LogP contribution is 2.31. The minimum Gasteiger partial charge on any atom is -0.481 e. The van der Waals surface area contributed by atoms with Crippen LogP contribution in [0.15, 0.2) is 30.3 Å². The summed E-state index contributed by atoms with van der Waals surface area (Å²) >= 11 is 1.38. The number of thiazole rings is 1. The van der Waals surface area contributed by atoms with E-state index in [9.17, 15) is 14.7 Å². The molecule has 1 N–H and O–H groups in total. The molecule has 0 bridgehead atoms. The number of nitrogens with zero attached hydrogens (tertiary/aromatic N) is 2. The molecule has 2 heterocycles. The first-order chi connectivity index (χ1) is 11.5. The van der Waals surface area contributed by atoms with Crippen LogP contribution in [0.3, 0.4) is 0 Å². The molecule has 1 aliphatic heterocycles. The van der Waals surface area contributed by atoms with Crippen molar-refractivity contribution in [2.24, 2.45) is 5.92 Å². The summed E-state index contributed by atoms with van der Waals surface area (Å²) in [5.41, 5.74) is 1.69. The molecule has 1 fully saturated rings. The van der Waals surface area contributed by atoms with Crippen LogP contribution in [0.1, 0.15) is 35.1 Å². The maximum Gasteiger partial charge on any atom is 0.308 e. The average molecular weight is 344 g/mol. The van der Waals surface area contributed by atoms with Gasteiger partial charge in [-0.25, -0.2) is 4.98 Å².